The zero-order valence-corrected chi connectivity index (χ0v) is 12.2. The molecule has 0 bridgehead atoms. The zero-order valence-electron chi connectivity index (χ0n) is 12.2. The lowest BCUT2D eigenvalue weighted by Crippen LogP contribution is -2.55. The lowest BCUT2D eigenvalue weighted by Gasteiger charge is -2.39. The van der Waals surface area contributed by atoms with E-state index >= 15 is 0 Å². The van der Waals surface area contributed by atoms with Crippen LogP contribution in [0.3, 0.4) is 0 Å². The number of likely N-dealkylation sites (tertiary alicyclic amines) is 1. The predicted octanol–water partition coefficient (Wildman–Crippen LogP) is 0.295. The number of nitrogens with zero attached hydrogens (tertiary/aromatic N) is 1. The van der Waals surface area contributed by atoms with Gasteiger partial charge in [0.15, 0.2) is 0 Å². The van der Waals surface area contributed by atoms with Gasteiger partial charge in [0, 0.05) is 19.1 Å². The van der Waals surface area contributed by atoms with Gasteiger partial charge in [-0.05, 0) is 40.3 Å². The highest BCUT2D eigenvalue weighted by Crippen LogP contribution is 2.19. The number of carbonyl (C=O) groups is 2. The maximum absolute atomic E-state index is 12.0. The average Bonchev–Trinajstić information content (AvgIpc) is 2.39. The van der Waals surface area contributed by atoms with Crippen LogP contribution in [-0.2, 0) is 4.79 Å². The summed E-state index contributed by atoms with van der Waals surface area (Å²) in [4.78, 5) is 25.6. The molecule has 0 radical (unpaired) electrons. The van der Waals surface area contributed by atoms with Crippen LogP contribution in [-0.4, -0.2) is 55.6 Å². The van der Waals surface area contributed by atoms with Crippen LogP contribution in [0.4, 0.5) is 4.79 Å². The Kier molecular flexibility index (Phi) is 6.80. The van der Waals surface area contributed by atoms with Crippen molar-refractivity contribution in [3.63, 3.8) is 0 Å². The molecule has 0 aromatic carbocycles. The SMILES string of the molecule is CCNC(=O)NC(=O)C(C)N1CCCCC1CNC. The first kappa shape index (κ1) is 15.9. The third-order valence-corrected chi connectivity index (χ3v) is 3.56. The topological polar surface area (TPSA) is 73.5 Å². The van der Waals surface area contributed by atoms with Crippen LogP contribution in [0, 0.1) is 0 Å². The molecule has 0 aromatic rings. The van der Waals surface area contributed by atoms with Gasteiger partial charge in [0.2, 0.25) is 5.91 Å². The Morgan fingerprint density at radius 3 is 2.74 bits per heavy atom. The van der Waals surface area contributed by atoms with Crippen molar-refractivity contribution in [3.05, 3.63) is 0 Å². The molecule has 3 amide bonds. The number of piperidine rings is 1. The number of amides is 3. The third kappa shape index (κ3) is 4.80. The van der Waals surface area contributed by atoms with Gasteiger partial charge in [0.05, 0.1) is 6.04 Å². The number of nitrogens with one attached hydrogen (secondary N) is 3. The van der Waals surface area contributed by atoms with Crippen molar-refractivity contribution in [2.24, 2.45) is 0 Å². The van der Waals surface area contributed by atoms with Gasteiger partial charge in [-0.25, -0.2) is 4.79 Å². The van der Waals surface area contributed by atoms with Gasteiger partial charge in [0.25, 0.3) is 0 Å². The molecule has 1 saturated heterocycles. The van der Waals surface area contributed by atoms with Crippen molar-refractivity contribution >= 4 is 11.9 Å². The molecule has 110 valence electrons. The number of urea groups is 1. The molecule has 19 heavy (non-hydrogen) atoms. The summed E-state index contributed by atoms with van der Waals surface area (Å²) < 4.78 is 0. The Hall–Kier alpha value is -1.14. The summed E-state index contributed by atoms with van der Waals surface area (Å²) in [5.74, 6) is -0.228. The van der Waals surface area contributed by atoms with E-state index < -0.39 is 6.03 Å². The molecule has 1 aliphatic rings. The maximum atomic E-state index is 12.0. The van der Waals surface area contributed by atoms with E-state index in [1.807, 2.05) is 20.9 Å². The van der Waals surface area contributed by atoms with Crippen LogP contribution in [0.25, 0.3) is 0 Å². The number of carbonyl (C=O) groups excluding carboxylic acids is 2. The van der Waals surface area contributed by atoms with E-state index in [1.165, 1.54) is 6.42 Å². The first-order valence-electron chi connectivity index (χ1n) is 7.09. The number of imide groups is 1. The molecule has 6 heteroatoms. The number of hydrogen-bond donors (Lipinski definition) is 3. The summed E-state index contributed by atoms with van der Waals surface area (Å²) in [6, 6.07) is -0.323. The Morgan fingerprint density at radius 2 is 2.11 bits per heavy atom. The van der Waals surface area contributed by atoms with Gasteiger partial charge < -0.3 is 10.6 Å². The normalized spacial score (nSPS) is 21.7. The molecule has 1 aliphatic heterocycles. The van der Waals surface area contributed by atoms with Crippen molar-refractivity contribution < 1.29 is 9.59 Å². The van der Waals surface area contributed by atoms with E-state index in [1.54, 1.807) is 0 Å². The molecule has 0 aliphatic carbocycles. The van der Waals surface area contributed by atoms with Gasteiger partial charge in [-0.15, -0.1) is 0 Å². The Bertz CT molecular complexity index is 307. The second-order valence-corrected chi connectivity index (χ2v) is 4.97. The van der Waals surface area contributed by atoms with Crippen molar-refractivity contribution in [2.45, 2.75) is 45.2 Å². The minimum atomic E-state index is -0.415. The molecular formula is C13H26N4O2. The van der Waals surface area contributed by atoms with Gasteiger partial charge >= 0.3 is 6.03 Å². The highest BCUT2D eigenvalue weighted by molar-refractivity contribution is 5.96. The fourth-order valence-corrected chi connectivity index (χ4v) is 2.56. The lowest BCUT2D eigenvalue weighted by molar-refractivity contribution is -0.126. The van der Waals surface area contributed by atoms with Gasteiger partial charge in [-0.3, -0.25) is 15.0 Å². The molecule has 0 spiro atoms. The van der Waals surface area contributed by atoms with Crippen molar-refractivity contribution in [3.8, 4) is 0 Å². The second-order valence-electron chi connectivity index (χ2n) is 4.97. The number of hydrogen-bond acceptors (Lipinski definition) is 4. The van der Waals surface area contributed by atoms with Gasteiger partial charge in [-0.2, -0.15) is 0 Å². The fourth-order valence-electron chi connectivity index (χ4n) is 2.56. The second kappa shape index (κ2) is 8.12. The first-order chi connectivity index (χ1) is 9.10. The molecule has 1 fully saturated rings. The fraction of sp³-hybridized carbons (Fsp3) is 0.846. The largest absolute Gasteiger partial charge is 0.338 e. The molecule has 3 N–H and O–H groups in total. The molecule has 0 aromatic heterocycles. The van der Waals surface area contributed by atoms with Crippen molar-refractivity contribution in [1.82, 2.24) is 20.9 Å². The molecule has 6 nitrogen and oxygen atoms in total. The maximum Gasteiger partial charge on any atom is 0.321 e. The highest BCUT2D eigenvalue weighted by atomic mass is 16.2. The Labute approximate surface area is 115 Å². The van der Waals surface area contributed by atoms with Crippen molar-refractivity contribution in [2.75, 3.05) is 26.7 Å². The number of rotatable bonds is 5. The summed E-state index contributed by atoms with van der Waals surface area (Å²) >= 11 is 0. The summed E-state index contributed by atoms with van der Waals surface area (Å²) in [5.41, 5.74) is 0. The van der Waals surface area contributed by atoms with Crippen LogP contribution in [0.1, 0.15) is 33.1 Å². The first-order valence-corrected chi connectivity index (χ1v) is 7.09. The number of likely N-dealkylation sites (N-methyl/N-ethyl adjacent to an activating group) is 1. The van der Waals surface area contributed by atoms with E-state index in [0.29, 0.717) is 12.6 Å². The van der Waals surface area contributed by atoms with Crippen LogP contribution in [0.5, 0.6) is 0 Å². The van der Waals surface area contributed by atoms with E-state index in [0.717, 1.165) is 25.9 Å². The van der Waals surface area contributed by atoms with Crippen LogP contribution in [0.15, 0.2) is 0 Å². The summed E-state index contributed by atoms with van der Waals surface area (Å²) in [6.45, 7) is 5.98. The van der Waals surface area contributed by atoms with Crippen LogP contribution in [0.2, 0.25) is 0 Å². The Balaban J connectivity index is 2.55. The monoisotopic (exact) mass is 270 g/mol. The quantitative estimate of drug-likeness (QED) is 0.671. The van der Waals surface area contributed by atoms with E-state index in [2.05, 4.69) is 20.9 Å². The molecule has 1 heterocycles. The summed E-state index contributed by atoms with van der Waals surface area (Å²) in [5, 5.41) is 8.13. The van der Waals surface area contributed by atoms with Crippen LogP contribution < -0.4 is 16.0 Å². The lowest BCUT2D eigenvalue weighted by atomic mass is 10.00. The third-order valence-electron chi connectivity index (χ3n) is 3.56. The van der Waals surface area contributed by atoms with E-state index in [4.69, 9.17) is 0 Å². The standard InChI is InChI=1S/C13H26N4O2/c1-4-15-13(19)16-12(18)10(2)17-8-6-5-7-11(17)9-14-3/h10-11,14H,4-9H2,1-3H3,(H2,15,16,18,19). The van der Waals surface area contributed by atoms with Crippen LogP contribution >= 0.6 is 0 Å². The Morgan fingerprint density at radius 1 is 1.37 bits per heavy atom. The minimum Gasteiger partial charge on any atom is -0.338 e. The average molecular weight is 270 g/mol. The molecule has 2 unspecified atom stereocenters. The van der Waals surface area contributed by atoms with Gasteiger partial charge in [-0.1, -0.05) is 6.42 Å². The molecule has 2 atom stereocenters. The van der Waals surface area contributed by atoms with E-state index in [9.17, 15) is 9.59 Å². The highest BCUT2D eigenvalue weighted by Gasteiger charge is 2.30. The molecular weight excluding hydrogens is 244 g/mol. The van der Waals surface area contributed by atoms with Crippen molar-refractivity contribution in [1.29, 1.82) is 0 Å². The minimum absolute atomic E-state index is 0.228. The predicted molar refractivity (Wildman–Crippen MR) is 74.9 cm³/mol. The molecule has 0 saturated carbocycles. The van der Waals surface area contributed by atoms with Gasteiger partial charge in [0.1, 0.15) is 0 Å². The zero-order chi connectivity index (χ0) is 14.3. The molecule has 1 rings (SSSR count). The summed E-state index contributed by atoms with van der Waals surface area (Å²) in [6.07, 6.45) is 3.41. The smallest absolute Gasteiger partial charge is 0.321 e. The van der Waals surface area contributed by atoms with E-state index in [-0.39, 0.29) is 11.9 Å². The summed E-state index contributed by atoms with van der Waals surface area (Å²) in [7, 11) is 1.92.